The summed E-state index contributed by atoms with van der Waals surface area (Å²) in [5, 5.41) is 3.93. The van der Waals surface area contributed by atoms with E-state index in [2.05, 4.69) is 73.7 Å². The molecule has 1 aliphatic rings. The Morgan fingerprint density at radius 1 is 0.950 bits per heavy atom. The van der Waals surface area contributed by atoms with Crippen molar-refractivity contribution in [2.24, 2.45) is 0 Å². The van der Waals surface area contributed by atoms with Gasteiger partial charge in [-0.2, -0.15) is 4.57 Å². The molecule has 3 aromatic rings. The SMILES string of the molecule is C=C1c2cccc3ccc4ccc[n+](c4c23)C1(C)C.[Cl-]. The molecular formula is C18H16ClN. The van der Waals surface area contributed by atoms with Crippen molar-refractivity contribution in [2.45, 2.75) is 19.4 Å². The Morgan fingerprint density at radius 3 is 2.45 bits per heavy atom. The lowest BCUT2D eigenvalue weighted by Crippen LogP contribution is -3.00. The van der Waals surface area contributed by atoms with Crippen LogP contribution in [0, 0.1) is 0 Å². The summed E-state index contributed by atoms with van der Waals surface area (Å²) in [7, 11) is 0. The highest BCUT2D eigenvalue weighted by Gasteiger charge is 2.39. The lowest BCUT2D eigenvalue weighted by molar-refractivity contribution is -0.718. The van der Waals surface area contributed by atoms with Crippen LogP contribution in [0.3, 0.4) is 0 Å². The van der Waals surface area contributed by atoms with Gasteiger partial charge < -0.3 is 12.4 Å². The summed E-state index contributed by atoms with van der Waals surface area (Å²) in [6.45, 7) is 8.84. The van der Waals surface area contributed by atoms with Gasteiger partial charge in [0.05, 0.1) is 5.39 Å². The Morgan fingerprint density at radius 2 is 1.65 bits per heavy atom. The predicted octanol–water partition coefficient (Wildman–Crippen LogP) is 1.05. The predicted molar refractivity (Wildman–Crippen MR) is 80.0 cm³/mol. The Balaban J connectivity index is 0.00000121. The Bertz CT molecular complexity index is 862. The summed E-state index contributed by atoms with van der Waals surface area (Å²) < 4.78 is 2.36. The first-order valence-electron chi connectivity index (χ1n) is 6.67. The van der Waals surface area contributed by atoms with Gasteiger partial charge in [0.2, 0.25) is 5.52 Å². The van der Waals surface area contributed by atoms with Crippen LogP contribution >= 0.6 is 0 Å². The maximum atomic E-state index is 4.36. The minimum absolute atomic E-state index is 0. The van der Waals surface area contributed by atoms with Crippen molar-refractivity contribution in [1.82, 2.24) is 0 Å². The molecule has 1 aliphatic heterocycles. The Labute approximate surface area is 125 Å². The van der Waals surface area contributed by atoms with Gasteiger partial charge in [0.15, 0.2) is 11.7 Å². The molecule has 0 saturated carbocycles. The summed E-state index contributed by atoms with van der Waals surface area (Å²) in [5.74, 6) is 0. The molecule has 0 unspecified atom stereocenters. The van der Waals surface area contributed by atoms with E-state index in [1.54, 1.807) is 0 Å². The molecule has 100 valence electrons. The number of halogens is 1. The number of nitrogens with zero attached hydrogens (tertiary/aromatic N) is 1. The fourth-order valence-corrected chi connectivity index (χ4v) is 3.27. The molecule has 0 N–H and O–H groups in total. The number of hydrogen-bond acceptors (Lipinski definition) is 0. The van der Waals surface area contributed by atoms with Crippen LogP contribution in [0.1, 0.15) is 19.4 Å². The number of rotatable bonds is 0. The highest BCUT2D eigenvalue weighted by atomic mass is 35.5. The van der Waals surface area contributed by atoms with Gasteiger partial charge in [0.1, 0.15) is 0 Å². The van der Waals surface area contributed by atoms with Crippen LogP contribution in [-0.2, 0) is 5.54 Å². The molecule has 20 heavy (non-hydrogen) atoms. The topological polar surface area (TPSA) is 3.88 Å². The first kappa shape index (κ1) is 13.1. The number of benzene rings is 2. The van der Waals surface area contributed by atoms with E-state index in [1.165, 1.54) is 32.8 Å². The number of allylic oxidation sites excluding steroid dienone is 1. The van der Waals surface area contributed by atoms with Crippen LogP contribution < -0.4 is 17.0 Å². The second-order valence-electron chi connectivity index (χ2n) is 5.82. The smallest absolute Gasteiger partial charge is 0.221 e. The van der Waals surface area contributed by atoms with E-state index in [9.17, 15) is 0 Å². The number of pyridine rings is 1. The zero-order chi connectivity index (χ0) is 13.2. The van der Waals surface area contributed by atoms with Crippen LogP contribution in [-0.4, -0.2) is 0 Å². The van der Waals surface area contributed by atoms with E-state index >= 15 is 0 Å². The molecule has 0 spiro atoms. The van der Waals surface area contributed by atoms with Gasteiger partial charge in [0, 0.05) is 30.9 Å². The van der Waals surface area contributed by atoms with Crippen molar-refractivity contribution in [2.75, 3.05) is 0 Å². The minimum Gasteiger partial charge on any atom is -1.00 e. The second kappa shape index (κ2) is 4.07. The quantitative estimate of drug-likeness (QED) is 0.428. The van der Waals surface area contributed by atoms with Crippen molar-refractivity contribution in [3.05, 3.63) is 60.8 Å². The zero-order valence-electron chi connectivity index (χ0n) is 11.7. The molecular weight excluding hydrogens is 266 g/mol. The average Bonchev–Trinajstić information content (AvgIpc) is 2.43. The van der Waals surface area contributed by atoms with E-state index in [0.717, 1.165) is 0 Å². The fourth-order valence-electron chi connectivity index (χ4n) is 3.27. The fraction of sp³-hybridized carbons (Fsp3) is 0.167. The molecule has 0 bridgehead atoms. The highest BCUT2D eigenvalue weighted by Crippen LogP contribution is 2.39. The van der Waals surface area contributed by atoms with Crippen LogP contribution in [0.15, 0.2) is 55.2 Å². The molecule has 4 rings (SSSR count). The first-order chi connectivity index (χ1) is 9.10. The molecule has 0 radical (unpaired) electrons. The van der Waals surface area contributed by atoms with E-state index in [-0.39, 0.29) is 17.9 Å². The third kappa shape index (κ3) is 1.41. The summed E-state index contributed by atoms with van der Waals surface area (Å²) >= 11 is 0. The number of aromatic nitrogens is 1. The number of hydrogen-bond donors (Lipinski definition) is 0. The van der Waals surface area contributed by atoms with E-state index in [0.29, 0.717) is 0 Å². The van der Waals surface area contributed by atoms with E-state index < -0.39 is 0 Å². The van der Waals surface area contributed by atoms with Crippen molar-refractivity contribution >= 4 is 27.2 Å². The third-order valence-electron chi connectivity index (χ3n) is 4.47. The van der Waals surface area contributed by atoms with Crippen LogP contribution in [0.5, 0.6) is 0 Å². The minimum atomic E-state index is -0.0812. The maximum Gasteiger partial charge on any atom is 0.221 e. The Kier molecular flexibility index (Phi) is 2.67. The van der Waals surface area contributed by atoms with Crippen LogP contribution in [0.2, 0.25) is 0 Å². The lowest BCUT2D eigenvalue weighted by atomic mass is 9.82. The molecule has 1 nitrogen and oxygen atoms in total. The van der Waals surface area contributed by atoms with Crippen molar-refractivity contribution in [1.29, 1.82) is 0 Å². The van der Waals surface area contributed by atoms with Gasteiger partial charge in [-0.05, 0) is 23.1 Å². The molecule has 0 saturated heterocycles. The first-order valence-corrected chi connectivity index (χ1v) is 6.67. The molecule has 2 aromatic carbocycles. The molecule has 2 heterocycles. The molecule has 0 amide bonds. The molecule has 0 fully saturated rings. The molecule has 0 atom stereocenters. The third-order valence-corrected chi connectivity index (χ3v) is 4.47. The summed E-state index contributed by atoms with van der Waals surface area (Å²) in [5.41, 5.74) is 3.73. The summed E-state index contributed by atoms with van der Waals surface area (Å²) in [4.78, 5) is 0. The average molecular weight is 282 g/mol. The van der Waals surface area contributed by atoms with Gasteiger partial charge in [-0.3, -0.25) is 0 Å². The highest BCUT2D eigenvalue weighted by molar-refractivity contribution is 6.10. The van der Waals surface area contributed by atoms with Crippen molar-refractivity contribution in [3.8, 4) is 0 Å². The van der Waals surface area contributed by atoms with Gasteiger partial charge in [-0.15, -0.1) is 0 Å². The lowest BCUT2D eigenvalue weighted by Gasteiger charge is -2.28. The normalized spacial score (nSPS) is 15.6. The van der Waals surface area contributed by atoms with Crippen molar-refractivity contribution < 1.29 is 17.0 Å². The van der Waals surface area contributed by atoms with E-state index in [4.69, 9.17) is 0 Å². The van der Waals surface area contributed by atoms with Gasteiger partial charge in [0.25, 0.3) is 0 Å². The zero-order valence-corrected chi connectivity index (χ0v) is 12.4. The van der Waals surface area contributed by atoms with Gasteiger partial charge >= 0.3 is 0 Å². The van der Waals surface area contributed by atoms with Gasteiger partial charge in [-0.1, -0.05) is 30.8 Å². The molecule has 0 aliphatic carbocycles. The summed E-state index contributed by atoms with van der Waals surface area (Å²) in [6.07, 6.45) is 2.17. The van der Waals surface area contributed by atoms with Crippen LogP contribution in [0.25, 0.3) is 27.2 Å². The largest absolute Gasteiger partial charge is 1.00 e. The maximum absolute atomic E-state index is 4.36. The Hall–Kier alpha value is -1.86. The molecule has 2 heteroatoms. The van der Waals surface area contributed by atoms with E-state index in [1.807, 2.05) is 0 Å². The van der Waals surface area contributed by atoms with Crippen molar-refractivity contribution in [3.63, 3.8) is 0 Å². The second-order valence-corrected chi connectivity index (χ2v) is 5.82. The van der Waals surface area contributed by atoms with Crippen LogP contribution in [0.4, 0.5) is 0 Å². The van der Waals surface area contributed by atoms with Gasteiger partial charge in [-0.25, -0.2) is 0 Å². The molecule has 1 aromatic heterocycles. The monoisotopic (exact) mass is 281 g/mol. The standard InChI is InChI=1S/C18H16N.ClH/c1-12-15-8-4-6-13-9-10-14-7-5-11-19(18(12,2)3)17(14)16(13)15;/h4-11H,1H2,2-3H3;1H/q+1;/p-1. The summed E-state index contributed by atoms with van der Waals surface area (Å²) in [6, 6.07) is 15.2.